The van der Waals surface area contributed by atoms with E-state index in [0.717, 1.165) is 37.3 Å². The first-order valence-electron chi connectivity index (χ1n) is 7.73. The van der Waals surface area contributed by atoms with Gasteiger partial charge >= 0.3 is 0 Å². The van der Waals surface area contributed by atoms with Crippen molar-refractivity contribution in [3.63, 3.8) is 0 Å². The van der Waals surface area contributed by atoms with Crippen molar-refractivity contribution >= 4 is 23.0 Å². The number of benzene rings is 1. The van der Waals surface area contributed by atoms with Crippen molar-refractivity contribution in [2.24, 2.45) is 0 Å². The first-order chi connectivity index (χ1) is 10.6. The lowest BCUT2D eigenvalue weighted by Crippen LogP contribution is -2.29. The van der Waals surface area contributed by atoms with Gasteiger partial charge in [-0.3, -0.25) is 4.68 Å². The lowest BCUT2D eigenvalue weighted by atomic mass is 10.2. The molecule has 2 rings (SSSR count). The van der Waals surface area contributed by atoms with E-state index in [1.54, 1.807) is 0 Å². The summed E-state index contributed by atoms with van der Waals surface area (Å²) in [7, 11) is 0. The fourth-order valence-electron chi connectivity index (χ4n) is 2.31. The minimum absolute atomic E-state index is 0.678. The van der Waals surface area contributed by atoms with Gasteiger partial charge in [-0.2, -0.15) is 5.10 Å². The molecule has 2 aromatic rings. The normalized spacial score (nSPS) is 10.5. The van der Waals surface area contributed by atoms with Gasteiger partial charge in [0.2, 0.25) is 0 Å². The van der Waals surface area contributed by atoms with Crippen LogP contribution < -0.4 is 10.6 Å². The number of nitrogens with zero attached hydrogens (tertiary/aromatic N) is 2. The van der Waals surface area contributed by atoms with Crippen LogP contribution in [0.1, 0.15) is 36.7 Å². The number of thiocarbonyl (C=S) groups is 1. The van der Waals surface area contributed by atoms with Crippen molar-refractivity contribution in [2.45, 2.75) is 40.2 Å². The Morgan fingerprint density at radius 1 is 1.27 bits per heavy atom. The highest BCUT2D eigenvalue weighted by molar-refractivity contribution is 7.80. The van der Waals surface area contributed by atoms with Crippen molar-refractivity contribution in [1.82, 2.24) is 15.1 Å². The summed E-state index contributed by atoms with van der Waals surface area (Å²) in [5, 5.41) is 11.6. The molecule has 0 unspecified atom stereocenters. The molecule has 1 heterocycles. The summed E-state index contributed by atoms with van der Waals surface area (Å²) in [4.78, 5) is 0. The molecule has 2 N–H and O–H groups in total. The Balaban J connectivity index is 1.98. The van der Waals surface area contributed by atoms with Gasteiger partial charge in [0.15, 0.2) is 5.11 Å². The second-order valence-corrected chi connectivity index (χ2v) is 5.93. The fourth-order valence-corrected chi connectivity index (χ4v) is 2.53. The van der Waals surface area contributed by atoms with Crippen LogP contribution in [0.2, 0.25) is 0 Å². The number of nitrogens with one attached hydrogen (secondary N) is 2. The minimum Gasteiger partial charge on any atom is -0.362 e. The number of hydrogen-bond acceptors (Lipinski definition) is 2. The second-order valence-electron chi connectivity index (χ2n) is 5.52. The van der Waals surface area contributed by atoms with Gasteiger partial charge < -0.3 is 10.6 Å². The number of rotatable bonds is 6. The summed E-state index contributed by atoms with van der Waals surface area (Å²) in [5.41, 5.74) is 4.43. The Kier molecular flexibility index (Phi) is 5.95. The molecular weight excluding hydrogens is 292 g/mol. The van der Waals surface area contributed by atoms with Crippen molar-refractivity contribution in [1.29, 1.82) is 0 Å². The maximum Gasteiger partial charge on any atom is 0.170 e. The Morgan fingerprint density at radius 2 is 2.09 bits per heavy atom. The fraction of sp³-hybridized carbons (Fsp3) is 0.412. The van der Waals surface area contributed by atoms with Crippen LogP contribution in [-0.4, -0.2) is 21.4 Å². The highest BCUT2D eigenvalue weighted by atomic mass is 32.1. The van der Waals surface area contributed by atoms with E-state index in [-0.39, 0.29) is 0 Å². The second kappa shape index (κ2) is 7.94. The largest absolute Gasteiger partial charge is 0.362 e. The predicted molar refractivity (Wildman–Crippen MR) is 96.4 cm³/mol. The number of aromatic nitrogens is 2. The summed E-state index contributed by atoms with van der Waals surface area (Å²) in [6, 6.07) is 10.4. The molecule has 118 valence electrons. The van der Waals surface area contributed by atoms with E-state index in [4.69, 9.17) is 12.2 Å². The molecule has 0 spiro atoms. The topological polar surface area (TPSA) is 41.9 Å². The minimum atomic E-state index is 0.678. The van der Waals surface area contributed by atoms with Crippen molar-refractivity contribution in [3.05, 3.63) is 47.3 Å². The van der Waals surface area contributed by atoms with Gasteiger partial charge in [0.25, 0.3) is 0 Å². The van der Waals surface area contributed by atoms with Crippen LogP contribution in [0.25, 0.3) is 0 Å². The smallest absolute Gasteiger partial charge is 0.170 e. The molecule has 0 aliphatic carbocycles. The summed E-state index contributed by atoms with van der Waals surface area (Å²) < 4.78 is 2.02. The van der Waals surface area contributed by atoms with E-state index in [0.29, 0.717) is 5.11 Å². The maximum absolute atomic E-state index is 5.31. The van der Waals surface area contributed by atoms with Crippen LogP contribution in [0.5, 0.6) is 0 Å². The number of anilines is 1. The molecule has 0 aliphatic rings. The van der Waals surface area contributed by atoms with Gasteiger partial charge in [-0.1, -0.05) is 25.5 Å². The maximum atomic E-state index is 5.31. The molecule has 0 saturated carbocycles. The lowest BCUT2D eigenvalue weighted by Gasteiger charge is -2.11. The van der Waals surface area contributed by atoms with Gasteiger partial charge in [-0.15, -0.1) is 0 Å². The molecule has 0 amide bonds. The van der Waals surface area contributed by atoms with Crippen LogP contribution in [0.15, 0.2) is 30.3 Å². The molecular formula is C17H24N4S. The van der Waals surface area contributed by atoms with Crippen molar-refractivity contribution < 1.29 is 0 Å². The van der Waals surface area contributed by atoms with Gasteiger partial charge in [-0.05, 0) is 56.2 Å². The zero-order chi connectivity index (χ0) is 15.9. The summed E-state index contributed by atoms with van der Waals surface area (Å²) in [6.07, 6.45) is 2.29. The third-order valence-electron chi connectivity index (χ3n) is 3.44. The van der Waals surface area contributed by atoms with E-state index < -0.39 is 0 Å². The molecule has 0 atom stereocenters. The highest BCUT2D eigenvalue weighted by Gasteiger charge is 2.03. The molecule has 5 heteroatoms. The van der Waals surface area contributed by atoms with Crippen LogP contribution in [0.3, 0.4) is 0 Å². The van der Waals surface area contributed by atoms with Crippen LogP contribution >= 0.6 is 12.2 Å². The molecule has 0 fully saturated rings. The van der Waals surface area contributed by atoms with Crippen molar-refractivity contribution in [3.8, 4) is 0 Å². The predicted octanol–water partition coefficient (Wildman–Crippen LogP) is 3.63. The first kappa shape index (κ1) is 16.5. The molecule has 1 aromatic heterocycles. The standard InChI is InChI=1S/C17H24N4S/c1-4-5-9-18-17(22)19-16-8-6-7-15(11-16)12-21-14(3)10-13(2)20-21/h6-8,10-11H,4-5,9,12H2,1-3H3,(H2,18,19,22). The van der Waals surface area contributed by atoms with Gasteiger partial charge in [-0.25, -0.2) is 0 Å². The van der Waals surface area contributed by atoms with Crippen LogP contribution in [0, 0.1) is 13.8 Å². The highest BCUT2D eigenvalue weighted by Crippen LogP contribution is 2.13. The van der Waals surface area contributed by atoms with Crippen molar-refractivity contribution in [2.75, 3.05) is 11.9 Å². The SMILES string of the molecule is CCCCNC(=S)Nc1cccc(Cn2nc(C)cc2C)c1. The Bertz CT molecular complexity index is 633. The number of hydrogen-bond donors (Lipinski definition) is 2. The van der Waals surface area contributed by atoms with Crippen LogP contribution in [-0.2, 0) is 6.54 Å². The summed E-state index contributed by atoms with van der Waals surface area (Å²) >= 11 is 5.31. The molecule has 0 saturated heterocycles. The van der Waals surface area contributed by atoms with Gasteiger partial charge in [0, 0.05) is 17.9 Å². The average Bonchev–Trinajstić information content (AvgIpc) is 2.77. The Hall–Kier alpha value is -1.88. The summed E-state index contributed by atoms with van der Waals surface area (Å²) in [6.45, 7) is 7.94. The average molecular weight is 316 g/mol. The lowest BCUT2D eigenvalue weighted by molar-refractivity contribution is 0.659. The summed E-state index contributed by atoms with van der Waals surface area (Å²) in [5.74, 6) is 0. The van der Waals surface area contributed by atoms with Gasteiger partial charge in [0.1, 0.15) is 0 Å². The number of unbranched alkanes of at least 4 members (excludes halogenated alkanes) is 1. The number of aryl methyl sites for hydroxylation is 2. The molecule has 22 heavy (non-hydrogen) atoms. The Morgan fingerprint density at radius 3 is 2.77 bits per heavy atom. The molecule has 4 nitrogen and oxygen atoms in total. The first-order valence-corrected chi connectivity index (χ1v) is 8.14. The van der Waals surface area contributed by atoms with E-state index in [2.05, 4.69) is 47.8 Å². The third-order valence-corrected chi connectivity index (χ3v) is 3.68. The Labute approximate surface area is 137 Å². The van der Waals surface area contributed by atoms with E-state index >= 15 is 0 Å². The zero-order valence-corrected chi connectivity index (χ0v) is 14.3. The molecule has 0 aliphatic heterocycles. The quantitative estimate of drug-likeness (QED) is 0.631. The zero-order valence-electron chi connectivity index (χ0n) is 13.5. The molecule has 1 aromatic carbocycles. The molecule has 0 bridgehead atoms. The van der Waals surface area contributed by atoms with Crippen LogP contribution in [0.4, 0.5) is 5.69 Å². The van der Waals surface area contributed by atoms with E-state index in [9.17, 15) is 0 Å². The van der Waals surface area contributed by atoms with E-state index in [1.807, 2.05) is 23.7 Å². The monoisotopic (exact) mass is 316 g/mol. The van der Waals surface area contributed by atoms with E-state index in [1.165, 1.54) is 11.3 Å². The van der Waals surface area contributed by atoms with Gasteiger partial charge in [0.05, 0.1) is 12.2 Å². The molecule has 0 radical (unpaired) electrons. The third kappa shape index (κ3) is 4.84.